The number of aliphatic hydroxyl groups is 3. The predicted octanol–water partition coefficient (Wildman–Crippen LogP) is 1.74. The highest BCUT2D eigenvalue weighted by atomic mass is 16.6. The number of hydrogen-bond acceptors (Lipinski definition) is 6. The van der Waals surface area contributed by atoms with Crippen LogP contribution in [0.2, 0.25) is 0 Å². The average Bonchev–Trinajstić information content (AvgIpc) is 3.21. The molecule has 13 atom stereocenters. The summed E-state index contributed by atoms with van der Waals surface area (Å²) in [4.78, 5) is 15.6. The van der Waals surface area contributed by atoms with Gasteiger partial charge in [-0.15, -0.1) is 0 Å². The van der Waals surface area contributed by atoms with Crippen molar-refractivity contribution >= 4 is 5.97 Å². The van der Waals surface area contributed by atoms with Crippen molar-refractivity contribution in [2.75, 3.05) is 6.54 Å². The highest BCUT2D eigenvalue weighted by Gasteiger charge is 2.94. The van der Waals surface area contributed by atoms with E-state index in [1.165, 1.54) is 0 Å². The van der Waals surface area contributed by atoms with Gasteiger partial charge in [0.15, 0.2) is 0 Å². The summed E-state index contributed by atoms with van der Waals surface area (Å²) in [5.74, 6) is 0.0952. The van der Waals surface area contributed by atoms with Crippen LogP contribution in [0.4, 0.5) is 0 Å². The topological polar surface area (TPSA) is 90.2 Å². The first-order valence-corrected chi connectivity index (χ1v) is 12.5. The van der Waals surface area contributed by atoms with E-state index in [4.69, 9.17) is 4.74 Å². The molecule has 9 bridgehead atoms. The van der Waals surface area contributed by atoms with Crippen LogP contribution in [0.3, 0.4) is 0 Å². The molecule has 9 fully saturated rings. The highest BCUT2D eigenvalue weighted by Crippen LogP contribution is 2.88. The number of hydrogen-bond donors (Lipinski definition) is 3. The summed E-state index contributed by atoms with van der Waals surface area (Å²) < 4.78 is 6.03. The Hall–Kier alpha value is -1.73. The second-order valence-electron chi connectivity index (χ2n) is 12.5. The van der Waals surface area contributed by atoms with Gasteiger partial charge in [0.1, 0.15) is 6.10 Å². The molecular weight excluding hydrogens is 418 g/mol. The number of carbonyl (C=O) groups excluding carboxylic acids is 1. The van der Waals surface area contributed by atoms with Crippen LogP contribution in [-0.2, 0) is 4.74 Å². The van der Waals surface area contributed by atoms with E-state index in [1.807, 2.05) is 6.07 Å². The maximum Gasteiger partial charge on any atom is 0.338 e. The van der Waals surface area contributed by atoms with E-state index in [0.29, 0.717) is 18.4 Å². The van der Waals surface area contributed by atoms with Crippen LogP contribution >= 0.6 is 0 Å². The van der Waals surface area contributed by atoms with Gasteiger partial charge in [0, 0.05) is 34.9 Å². The second-order valence-corrected chi connectivity index (χ2v) is 12.5. The average molecular weight is 450 g/mol. The van der Waals surface area contributed by atoms with Crippen molar-refractivity contribution in [2.24, 2.45) is 34.0 Å². The predicted molar refractivity (Wildman–Crippen MR) is 118 cm³/mol. The standard InChI is InChI=1S/C27H31NO5/c1-13-15-8-16-20-26-11-18(33-23(31)14-6-4-3-5-7-14)22(30)24(2)12-28(20)17(19(24)26)10-25(16,21(13)29)27(26,32)9-15/h3-7,15-22,29-30,32H,1,8-12H2,2H3/t15-,16+,17-,18+,19+,20?,21+,22-,24-,25?,26?,27-/m0/s1. The zero-order valence-corrected chi connectivity index (χ0v) is 18.9. The van der Waals surface area contributed by atoms with Crippen LogP contribution in [0.5, 0.6) is 0 Å². The normalized spacial score (nSPS) is 60.5. The number of aliphatic hydroxyl groups excluding tert-OH is 2. The largest absolute Gasteiger partial charge is 0.456 e. The molecule has 0 aromatic heterocycles. The minimum absolute atomic E-state index is 0.137. The number of esters is 1. The zero-order valence-electron chi connectivity index (χ0n) is 18.9. The fraction of sp³-hybridized carbons (Fsp3) is 0.667. The van der Waals surface area contributed by atoms with Crippen LogP contribution in [0, 0.1) is 34.0 Å². The maximum absolute atomic E-state index is 13.0. The van der Waals surface area contributed by atoms with Crippen LogP contribution in [-0.4, -0.2) is 68.7 Å². The molecule has 3 aliphatic heterocycles. The summed E-state index contributed by atoms with van der Waals surface area (Å²) in [5.41, 5.74) is -1.11. The minimum Gasteiger partial charge on any atom is -0.456 e. The Bertz CT molecular complexity index is 1120. The third kappa shape index (κ3) is 1.67. The van der Waals surface area contributed by atoms with Crippen LogP contribution in [0.25, 0.3) is 0 Å². The zero-order chi connectivity index (χ0) is 22.7. The van der Waals surface area contributed by atoms with E-state index in [1.54, 1.807) is 24.3 Å². The van der Waals surface area contributed by atoms with E-state index in [2.05, 4.69) is 18.4 Å². The lowest BCUT2D eigenvalue weighted by atomic mass is 9.37. The first-order chi connectivity index (χ1) is 15.7. The number of rotatable bonds is 2. The van der Waals surface area contributed by atoms with Gasteiger partial charge in [-0.1, -0.05) is 31.7 Å². The maximum atomic E-state index is 13.0. The summed E-state index contributed by atoms with van der Waals surface area (Å²) in [6.45, 7) is 7.14. The molecule has 9 aliphatic rings. The van der Waals surface area contributed by atoms with E-state index >= 15 is 0 Å². The molecule has 33 heavy (non-hydrogen) atoms. The number of nitrogens with zero attached hydrogens (tertiary/aromatic N) is 1. The van der Waals surface area contributed by atoms with Gasteiger partial charge in [-0.05, 0) is 61.1 Å². The molecule has 3 heterocycles. The molecule has 10 rings (SSSR count). The van der Waals surface area contributed by atoms with Gasteiger partial charge in [0.25, 0.3) is 0 Å². The van der Waals surface area contributed by atoms with E-state index in [-0.39, 0.29) is 29.8 Å². The summed E-state index contributed by atoms with van der Waals surface area (Å²) in [7, 11) is 0. The van der Waals surface area contributed by atoms with Crippen molar-refractivity contribution in [3.8, 4) is 0 Å². The molecule has 1 aromatic rings. The number of piperidine rings is 2. The second kappa shape index (κ2) is 5.40. The van der Waals surface area contributed by atoms with Crippen LogP contribution < -0.4 is 0 Å². The van der Waals surface area contributed by atoms with Gasteiger partial charge >= 0.3 is 5.97 Å². The van der Waals surface area contributed by atoms with Crippen molar-refractivity contribution in [1.29, 1.82) is 0 Å². The number of carbonyl (C=O) groups is 1. The first kappa shape index (κ1) is 19.6. The van der Waals surface area contributed by atoms with Crippen molar-refractivity contribution in [1.82, 2.24) is 4.90 Å². The van der Waals surface area contributed by atoms with Gasteiger partial charge in [0.2, 0.25) is 0 Å². The fourth-order valence-electron chi connectivity index (χ4n) is 11.3. The molecule has 174 valence electrons. The Morgan fingerprint density at radius 2 is 1.91 bits per heavy atom. The molecule has 0 radical (unpaired) electrons. The van der Waals surface area contributed by atoms with Crippen molar-refractivity contribution in [3.05, 3.63) is 48.0 Å². The highest BCUT2D eigenvalue weighted by molar-refractivity contribution is 5.89. The molecule has 3 saturated heterocycles. The van der Waals surface area contributed by atoms with Gasteiger partial charge in [0.05, 0.1) is 23.4 Å². The molecule has 0 amide bonds. The van der Waals surface area contributed by atoms with Crippen LogP contribution in [0.15, 0.2) is 42.5 Å². The monoisotopic (exact) mass is 449 g/mol. The summed E-state index contributed by atoms with van der Waals surface area (Å²) in [5, 5.41) is 35.8. The Balaban J connectivity index is 1.27. The van der Waals surface area contributed by atoms with Gasteiger partial charge in [-0.2, -0.15) is 0 Å². The van der Waals surface area contributed by atoms with E-state index in [9.17, 15) is 20.1 Å². The first-order valence-electron chi connectivity index (χ1n) is 12.5. The molecule has 6 saturated carbocycles. The molecule has 6 heteroatoms. The van der Waals surface area contributed by atoms with Crippen molar-refractivity contribution in [2.45, 2.75) is 68.6 Å². The van der Waals surface area contributed by atoms with Gasteiger partial charge in [-0.25, -0.2) is 4.79 Å². The fourth-order valence-corrected chi connectivity index (χ4v) is 11.3. The third-order valence-electron chi connectivity index (χ3n) is 11.9. The Morgan fingerprint density at radius 3 is 2.67 bits per heavy atom. The quantitative estimate of drug-likeness (QED) is 0.471. The molecule has 6 aliphatic carbocycles. The lowest BCUT2D eigenvalue weighted by Crippen LogP contribution is -2.75. The molecular formula is C27H31NO5. The van der Waals surface area contributed by atoms with Crippen molar-refractivity contribution in [3.63, 3.8) is 0 Å². The molecule has 2 spiro atoms. The third-order valence-corrected chi connectivity index (χ3v) is 11.9. The number of fused-ring (bicyclic) bond motifs is 1. The lowest BCUT2D eigenvalue weighted by Gasteiger charge is -2.69. The van der Waals surface area contributed by atoms with E-state index < -0.39 is 46.1 Å². The Labute approximate surface area is 193 Å². The molecule has 1 aromatic carbocycles. The van der Waals surface area contributed by atoms with Crippen LogP contribution in [0.1, 0.15) is 43.0 Å². The van der Waals surface area contributed by atoms with Crippen molar-refractivity contribution < 1.29 is 24.9 Å². The minimum atomic E-state index is -1.02. The number of ether oxygens (including phenoxy) is 1. The Morgan fingerprint density at radius 1 is 1.15 bits per heavy atom. The number of benzene rings is 1. The molecule has 4 unspecified atom stereocenters. The van der Waals surface area contributed by atoms with E-state index in [0.717, 1.165) is 25.0 Å². The SMILES string of the molecule is C=C1[C@H]2C[C@@H]3C4N5C[C@]6(C)[C@@H](O)[C@H](OC(=O)c7ccccc7)CC47[C@@H]6[C@@H]5CC3([C@@H]1O)[C@@]7(O)C2. The smallest absolute Gasteiger partial charge is 0.338 e. The lowest BCUT2D eigenvalue weighted by molar-refractivity contribution is -0.288. The molecule has 6 nitrogen and oxygen atoms in total. The Kier molecular flexibility index (Phi) is 3.20. The van der Waals surface area contributed by atoms with Gasteiger partial charge in [-0.3, -0.25) is 4.90 Å². The van der Waals surface area contributed by atoms with Gasteiger partial charge < -0.3 is 20.1 Å². The summed E-state index contributed by atoms with van der Waals surface area (Å²) in [6, 6.07) is 9.37. The molecule has 3 N–H and O–H groups in total. The summed E-state index contributed by atoms with van der Waals surface area (Å²) >= 11 is 0. The summed E-state index contributed by atoms with van der Waals surface area (Å²) in [6.07, 6.45) is 0.747.